The quantitative estimate of drug-likeness (QED) is 0.159. The Balaban J connectivity index is 1.00. The molecule has 4 aliphatic rings. The van der Waals surface area contributed by atoms with Crippen LogP contribution in [0.3, 0.4) is 0 Å². The van der Waals surface area contributed by atoms with Gasteiger partial charge >= 0.3 is 0 Å². The second-order valence-electron chi connectivity index (χ2n) is 26.2. The van der Waals surface area contributed by atoms with Crippen molar-refractivity contribution in [1.82, 2.24) is 0 Å². The van der Waals surface area contributed by atoms with Gasteiger partial charge in [0.2, 0.25) is 0 Å². The first kappa shape index (κ1) is 51.4. The molecule has 0 aliphatic carbocycles. The molecule has 8 heteroatoms. The molecule has 0 amide bonds. The molecule has 434 valence electrons. The van der Waals surface area contributed by atoms with Crippen LogP contribution in [0.4, 0.5) is 34.1 Å². The van der Waals surface area contributed by atoms with Crippen LogP contribution in [0.2, 0.25) is 0 Å². The molecule has 0 bridgehead atoms. The third kappa shape index (κ3) is 7.01. The van der Waals surface area contributed by atoms with Crippen LogP contribution in [0.15, 0.2) is 274 Å². The van der Waals surface area contributed by atoms with Crippen molar-refractivity contribution in [3.63, 3.8) is 0 Å². The molecule has 16 aromatic rings. The average molecular weight is 1180 g/mol. The number of ether oxygens (including phenoxy) is 2. The molecular formula is C84H55BN2O5. The monoisotopic (exact) mass is 1180 g/mol. The minimum Gasteiger partial charge on any atom is -0.457 e. The van der Waals surface area contributed by atoms with E-state index in [-0.39, 0.29) is 0 Å². The molecule has 20 rings (SSSR count). The number of hydrogen-bond donors (Lipinski definition) is 0. The molecule has 0 unspecified atom stereocenters. The van der Waals surface area contributed by atoms with Crippen LogP contribution < -0.4 is 35.7 Å². The lowest BCUT2D eigenvalue weighted by Crippen LogP contribution is -2.61. The van der Waals surface area contributed by atoms with Gasteiger partial charge in [-0.05, 0) is 112 Å². The molecule has 0 saturated heterocycles. The predicted octanol–water partition coefficient (Wildman–Crippen LogP) is 21.3. The second kappa shape index (κ2) is 18.6. The summed E-state index contributed by atoms with van der Waals surface area (Å²) in [6.07, 6.45) is 0. The lowest BCUT2D eigenvalue weighted by Gasteiger charge is -2.47. The largest absolute Gasteiger partial charge is 0.457 e. The molecule has 92 heavy (non-hydrogen) atoms. The van der Waals surface area contributed by atoms with Gasteiger partial charge in [0.15, 0.2) is 11.2 Å². The Morgan fingerprint density at radius 3 is 1.17 bits per heavy atom. The molecule has 0 N–H and O–H groups in total. The molecule has 0 radical (unpaired) electrons. The van der Waals surface area contributed by atoms with Gasteiger partial charge in [-0.1, -0.05) is 210 Å². The van der Waals surface area contributed by atoms with E-state index in [9.17, 15) is 0 Å². The molecule has 0 saturated carbocycles. The molecule has 7 heterocycles. The minimum absolute atomic E-state index is 0.401. The van der Waals surface area contributed by atoms with Gasteiger partial charge in [0.25, 0.3) is 6.71 Å². The molecule has 7 nitrogen and oxygen atoms in total. The predicted molar refractivity (Wildman–Crippen MR) is 376 cm³/mol. The van der Waals surface area contributed by atoms with Crippen LogP contribution in [-0.2, 0) is 10.8 Å². The molecule has 13 aromatic carbocycles. The first-order valence-electron chi connectivity index (χ1n) is 31.7. The van der Waals surface area contributed by atoms with E-state index in [0.29, 0.717) is 0 Å². The summed E-state index contributed by atoms with van der Waals surface area (Å²) in [6, 6.07) is 94.0. The number of benzene rings is 13. The van der Waals surface area contributed by atoms with E-state index >= 15 is 0 Å². The lowest BCUT2D eigenvalue weighted by atomic mass is 9.33. The van der Waals surface area contributed by atoms with Crippen LogP contribution in [0.1, 0.15) is 49.9 Å². The summed E-state index contributed by atoms with van der Waals surface area (Å²) >= 11 is 0. The molecular weight excluding hydrogens is 1130 g/mol. The van der Waals surface area contributed by atoms with Crippen LogP contribution >= 0.6 is 0 Å². The first-order valence-corrected chi connectivity index (χ1v) is 31.7. The van der Waals surface area contributed by atoms with Crippen LogP contribution in [0.5, 0.6) is 23.0 Å². The minimum atomic E-state index is -0.477. The summed E-state index contributed by atoms with van der Waals surface area (Å²) in [4.78, 5) is 5.10. The number of fused-ring (bicyclic) bond motifs is 17. The van der Waals surface area contributed by atoms with Crippen LogP contribution in [0, 0.1) is 0 Å². The van der Waals surface area contributed by atoms with Crippen LogP contribution in [0.25, 0.3) is 99.2 Å². The van der Waals surface area contributed by atoms with Crippen LogP contribution in [-0.4, -0.2) is 6.71 Å². The van der Waals surface area contributed by atoms with Crippen molar-refractivity contribution >= 4 is 123 Å². The number of para-hydroxylation sites is 6. The van der Waals surface area contributed by atoms with Gasteiger partial charge < -0.3 is 32.5 Å². The molecule has 3 aromatic heterocycles. The van der Waals surface area contributed by atoms with Crippen molar-refractivity contribution in [2.45, 2.75) is 38.5 Å². The van der Waals surface area contributed by atoms with E-state index in [2.05, 4.69) is 298 Å². The fourth-order valence-corrected chi connectivity index (χ4v) is 16.2. The topological polar surface area (TPSA) is 64.4 Å². The smallest absolute Gasteiger partial charge is 0.252 e. The van der Waals surface area contributed by atoms with E-state index in [0.717, 1.165) is 195 Å². The highest BCUT2D eigenvalue weighted by molar-refractivity contribution is 7.00. The van der Waals surface area contributed by atoms with Gasteiger partial charge in [-0.25, -0.2) is 0 Å². The zero-order chi connectivity index (χ0) is 60.9. The Kier molecular flexibility index (Phi) is 10.4. The van der Waals surface area contributed by atoms with Crippen molar-refractivity contribution in [2.24, 2.45) is 0 Å². The van der Waals surface area contributed by atoms with Gasteiger partial charge in [0.1, 0.15) is 45.3 Å². The van der Waals surface area contributed by atoms with Gasteiger partial charge in [-0.2, -0.15) is 0 Å². The number of furan rings is 3. The third-order valence-corrected chi connectivity index (χ3v) is 20.5. The van der Waals surface area contributed by atoms with Crippen molar-refractivity contribution < 1.29 is 22.7 Å². The zero-order valence-corrected chi connectivity index (χ0v) is 50.8. The molecule has 0 atom stereocenters. The van der Waals surface area contributed by atoms with Crippen molar-refractivity contribution in [3.8, 4) is 56.4 Å². The average Bonchev–Trinajstić information content (AvgIpc) is 0.712. The Morgan fingerprint density at radius 1 is 0.293 bits per heavy atom. The fourth-order valence-electron chi connectivity index (χ4n) is 16.2. The highest BCUT2D eigenvalue weighted by Gasteiger charge is 2.49. The van der Waals surface area contributed by atoms with Gasteiger partial charge in [-0.15, -0.1) is 0 Å². The third-order valence-electron chi connectivity index (χ3n) is 20.5. The maximum Gasteiger partial charge on any atom is 0.252 e. The van der Waals surface area contributed by atoms with E-state index in [1.54, 1.807) is 0 Å². The lowest BCUT2D eigenvalue weighted by molar-refractivity contribution is 0.418. The fraction of sp³-hybridized carbons (Fsp3) is 0.0714. The number of anilines is 6. The summed E-state index contributed by atoms with van der Waals surface area (Å²) < 4.78 is 36.5. The van der Waals surface area contributed by atoms with Crippen molar-refractivity contribution in [3.05, 3.63) is 283 Å². The van der Waals surface area contributed by atoms with Gasteiger partial charge in [-0.3, -0.25) is 0 Å². The Morgan fingerprint density at radius 2 is 0.696 bits per heavy atom. The van der Waals surface area contributed by atoms with Crippen molar-refractivity contribution in [1.29, 1.82) is 0 Å². The SMILES string of the molecule is CC1(C)c2ccccc2Oc2cc3c(cc21)N(c1c(-c2ccccc2)ccc2c1oc1ccccc12)c1cc(-c2cccc4c2oc2ccccc24)cc2c1B3c1cc3c(cc1N2c1c(-c2ccccc2)ccc2c1oc1ccccc12)C(C)(C)c1ccccc1O3. The Hall–Kier alpha value is -11.5. The summed E-state index contributed by atoms with van der Waals surface area (Å²) in [7, 11) is 0. The maximum absolute atomic E-state index is 7.41. The van der Waals surface area contributed by atoms with E-state index in [1.807, 2.05) is 0 Å². The standard InChI is InChI=1S/C84H55BN2O5/c1-83(2)60-31-14-19-36-73(60)88-75-46-64-66(44-62(75)83)86(78-51(48-22-7-5-8-23-48)38-40-58-55-27-12-17-34-71(55)91-81(58)78)68-42-50(53-29-21-30-57-54-26-11-16-33-70(54)90-80(53)57)43-69-77(68)85(64)65-47-76-63(84(3,4)61-32-15-20-37-74(61)89-76)45-67(65)87(69)79-52(49-24-9-6-10-25-49)39-41-59-56-28-13-18-35-72(56)92-82(59)79/h5-47H,1-4H3. The normalized spacial score (nSPS) is 14.6. The Labute approximate surface area is 530 Å². The number of rotatable bonds is 5. The number of nitrogens with zero attached hydrogens (tertiary/aromatic N) is 2. The van der Waals surface area contributed by atoms with Gasteiger partial charge in [0.05, 0.1) is 11.4 Å². The first-order chi connectivity index (χ1) is 45.1. The number of hydrogen-bond acceptors (Lipinski definition) is 7. The van der Waals surface area contributed by atoms with Crippen molar-refractivity contribution in [2.75, 3.05) is 9.80 Å². The van der Waals surface area contributed by atoms with E-state index in [1.165, 1.54) is 0 Å². The Bertz CT molecular complexity index is 5570. The highest BCUT2D eigenvalue weighted by Crippen LogP contribution is 2.58. The zero-order valence-electron chi connectivity index (χ0n) is 50.8. The summed E-state index contributed by atoms with van der Waals surface area (Å²) in [5.74, 6) is 3.35. The summed E-state index contributed by atoms with van der Waals surface area (Å²) in [5.41, 5.74) is 23.5. The van der Waals surface area contributed by atoms with E-state index in [4.69, 9.17) is 22.7 Å². The highest BCUT2D eigenvalue weighted by atomic mass is 16.5. The maximum atomic E-state index is 7.41. The van der Waals surface area contributed by atoms with E-state index < -0.39 is 17.5 Å². The second-order valence-corrected chi connectivity index (χ2v) is 26.2. The summed E-state index contributed by atoms with van der Waals surface area (Å²) in [6.45, 7) is 8.93. The molecule has 4 aliphatic heterocycles. The molecule has 0 fully saturated rings. The molecule has 0 spiro atoms. The summed E-state index contributed by atoms with van der Waals surface area (Å²) in [5, 5.41) is 6.25. The van der Waals surface area contributed by atoms with Gasteiger partial charge in [0, 0.05) is 105 Å².